The van der Waals surface area contributed by atoms with Crippen LogP contribution in [0.5, 0.6) is 0 Å². The first-order chi connectivity index (χ1) is 23.8. The van der Waals surface area contributed by atoms with Gasteiger partial charge in [-0.15, -0.1) is 0 Å². The zero-order chi connectivity index (χ0) is 31.9. The molecule has 48 heavy (non-hydrogen) atoms. The van der Waals surface area contributed by atoms with Crippen LogP contribution in [0.3, 0.4) is 0 Å². The summed E-state index contributed by atoms with van der Waals surface area (Å²) in [5.41, 5.74) is 12.0. The number of nitrogens with zero attached hydrogens (tertiary/aromatic N) is 1. The molecule has 0 bridgehead atoms. The molecule has 8 aromatic carbocycles. The fourth-order valence-electron chi connectivity index (χ4n) is 6.91. The highest BCUT2D eigenvalue weighted by Crippen LogP contribution is 2.46. The van der Waals surface area contributed by atoms with Gasteiger partial charge in [0.15, 0.2) is 0 Å². The molecule has 1 aromatic heterocycles. The quantitative estimate of drug-likeness (QED) is 0.185. The second-order valence-corrected chi connectivity index (χ2v) is 12.2. The minimum absolute atomic E-state index is 0.878. The first-order valence-corrected chi connectivity index (χ1v) is 16.3. The molecule has 0 saturated carbocycles. The maximum absolute atomic E-state index is 6.58. The van der Waals surface area contributed by atoms with Crippen molar-refractivity contribution >= 4 is 49.8 Å². The van der Waals surface area contributed by atoms with Gasteiger partial charge in [0.2, 0.25) is 0 Å². The molecule has 0 spiro atoms. The van der Waals surface area contributed by atoms with Gasteiger partial charge >= 0.3 is 0 Å². The molecule has 0 unspecified atom stereocenters. The molecule has 0 amide bonds. The minimum atomic E-state index is 0.878. The van der Waals surface area contributed by atoms with Gasteiger partial charge < -0.3 is 9.32 Å². The van der Waals surface area contributed by atoms with Crippen molar-refractivity contribution in [2.45, 2.75) is 0 Å². The molecule has 0 radical (unpaired) electrons. The molecule has 2 heteroatoms. The summed E-state index contributed by atoms with van der Waals surface area (Å²) in [6, 6.07) is 66.9. The third-order valence-corrected chi connectivity index (χ3v) is 9.27. The van der Waals surface area contributed by atoms with Crippen LogP contribution in [0.25, 0.3) is 66.1 Å². The van der Waals surface area contributed by atoms with Crippen LogP contribution >= 0.6 is 0 Å². The first kappa shape index (κ1) is 27.9. The molecule has 2 nitrogen and oxygen atoms in total. The predicted octanol–water partition coefficient (Wildman–Crippen LogP) is 13.2. The van der Waals surface area contributed by atoms with Gasteiger partial charge in [-0.25, -0.2) is 0 Å². The standard InChI is InChI=1S/C46H31NO/c1-4-12-32(13-5-1)34-20-25-38(26-21-34)47(39-27-22-35(23-28-39)33-14-6-2-7-15-33)43-30-42-45(31-41(43)36-16-8-3-9-17-36)48-44-29-24-37-18-10-11-19-40(37)46(42)44/h1-31H. The Labute approximate surface area is 279 Å². The molecule has 0 atom stereocenters. The van der Waals surface area contributed by atoms with Crippen molar-refractivity contribution < 1.29 is 4.42 Å². The van der Waals surface area contributed by atoms with Gasteiger partial charge in [0, 0.05) is 27.7 Å². The number of fused-ring (bicyclic) bond motifs is 5. The lowest BCUT2D eigenvalue weighted by Crippen LogP contribution is -2.11. The van der Waals surface area contributed by atoms with Crippen molar-refractivity contribution in [3.05, 3.63) is 188 Å². The number of anilines is 3. The van der Waals surface area contributed by atoms with E-state index in [4.69, 9.17) is 4.42 Å². The third-order valence-electron chi connectivity index (χ3n) is 9.27. The lowest BCUT2D eigenvalue weighted by molar-refractivity contribution is 0.669. The van der Waals surface area contributed by atoms with Crippen LogP contribution in [-0.2, 0) is 0 Å². The Morgan fingerprint density at radius 1 is 0.354 bits per heavy atom. The Morgan fingerprint density at radius 3 is 1.44 bits per heavy atom. The van der Waals surface area contributed by atoms with E-state index in [0.717, 1.165) is 50.1 Å². The van der Waals surface area contributed by atoms with Gasteiger partial charge in [0.1, 0.15) is 11.2 Å². The second kappa shape index (κ2) is 11.8. The summed E-state index contributed by atoms with van der Waals surface area (Å²) in [6.07, 6.45) is 0. The summed E-state index contributed by atoms with van der Waals surface area (Å²) < 4.78 is 6.58. The Bertz CT molecular complexity index is 2430. The lowest BCUT2D eigenvalue weighted by Gasteiger charge is -2.28. The molecule has 0 N–H and O–H groups in total. The van der Waals surface area contributed by atoms with Gasteiger partial charge in [-0.2, -0.15) is 0 Å². The lowest BCUT2D eigenvalue weighted by atomic mass is 9.97. The van der Waals surface area contributed by atoms with Crippen LogP contribution in [0.1, 0.15) is 0 Å². The molecular formula is C46H31NO. The van der Waals surface area contributed by atoms with Crippen LogP contribution in [-0.4, -0.2) is 0 Å². The number of hydrogen-bond donors (Lipinski definition) is 0. The highest BCUT2D eigenvalue weighted by Gasteiger charge is 2.21. The van der Waals surface area contributed by atoms with Crippen molar-refractivity contribution in [3.63, 3.8) is 0 Å². The molecule has 0 aliphatic rings. The van der Waals surface area contributed by atoms with Gasteiger partial charge in [-0.3, -0.25) is 0 Å². The topological polar surface area (TPSA) is 16.4 Å². The van der Waals surface area contributed by atoms with Crippen molar-refractivity contribution in [1.29, 1.82) is 0 Å². The highest BCUT2D eigenvalue weighted by molar-refractivity contribution is 6.20. The summed E-state index contributed by atoms with van der Waals surface area (Å²) in [7, 11) is 0. The van der Waals surface area contributed by atoms with E-state index < -0.39 is 0 Å². The van der Waals surface area contributed by atoms with Crippen LogP contribution in [0.4, 0.5) is 17.1 Å². The van der Waals surface area contributed by atoms with E-state index in [0.29, 0.717) is 0 Å². The van der Waals surface area contributed by atoms with Gasteiger partial charge in [-0.1, -0.05) is 146 Å². The molecule has 1 heterocycles. The summed E-state index contributed by atoms with van der Waals surface area (Å²) in [5, 5.41) is 4.63. The molecule has 9 rings (SSSR count). The first-order valence-electron chi connectivity index (χ1n) is 16.3. The van der Waals surface area contributed by atoms with E-state index in [1.807, 2.05) is 0 Å². The van der Waals surface area contributed by atoms with Gasteiger partial charge in [0.25, 0.3) is 0 Å². The average molecular weight is 614 g/mol. The van der Waals surface area contributed by atoms with Crippen LogP contribution in [0.2, 0.25) is 0 Å². The smallest absolute Gasteiger partial charge is 0.136 e. The predicted molar refractivity (Wildman–Crippen MR) is 202 cm³/mol. The SMILES string of the molecule is c1ccc(-c2ccc(N(c3ccc(-c4ccccc4)cc3)c3cc4c(cc3-c3ccccc3)oc3ccc5ccccc5c34)cc2)cc1. The summed E-state index contributed by atoms with van der Waals surface area (Å²) >= 11 is 0. The van der Waals surface area contributed by atoms with Gasteiger partial charge in [0.05, 0.1) is 5.69 Å². The van der Waals surface area contributed by atoms with Crippen LogP contribution < -0.4 is 4.90 Å². The molecule has 9 aromatic rings. The van der Waals surface area contributed by atoms with E-state index in [-0.39, 0.29) is 0 Å². The normalized spacial score (nSPS) is 11.3. The van der Waals surface area contributed by atoms with Crippen molar-refractivity contribution in [1.82, 2.24) is 0 Å². The minimum Gasteiger partial charge on any atom is -0.456 e. The largest absolute Gasteiger partial charge is 0.456 e. The molecule has 0 aliphatic heterocycles. The monoisotopic (exact) mass is 613 g/mol. The third kappa shape index (κ3) is 4.92. The van der Waals surface area contributed by atoms with Crippen LogP contribution in [0.15, 0.2) is 192 Å². The summed E-state index contributed by atoms with van der Waals surface area (Å²) in [4.78, 5) is 2.38. The van der Waals surface area contributed by atoms with E-state index in [1.165, 1.54) is 33.0 Å². The Kier molecular flexibility index (Phi) is 6.84. The maximum atomic E-state index is 6.58. The second-order valence-electron chi connectivity index (χ2n) is 12.2. The van der Waals surface area contributed by atoms with Crippen molar-refractivity contribution in [2.75, 3.05) is 4.90 Å². The molecule has 0 saturated heterocycles. The van der Waals surface area contributed by atoms with E-state index in [2.05, 4.69) is 193 Å². The molecular weight excluding hydrogens is 583 g/mol. The van der Waals surface area contributed by atoms with Crippen LogP contribution in [0, 0.1) is 0 Å². The summed E-state index contributed by atoms with van der Waals surface area (Å²) in [5.74, 6) is 0. The number of benzene rings is 8. The van der Waals surface area contributed by atoms with E-state index in [1.54, 1.807) is 0 Å². The Balaban J connectivity index is 1.30. The highest BCUT2D eigenvalue weighted by atomic mass is 16.3. The van der Waals surface area contributed by atoms with E-state index >= 15 is 0 Å². The van der Waals surface area contributed by atoms with Gasteiger partial charge in [-0.05, 0) is 81.1 Å². The maximum Gasteiger partial charge on any atom is 0.136 e. The zero-order valence-electron chi connectivity index (χ0n) is 26.3. The zero-order valence-corrected chi connectivity index (χ0v) is 26.3. The Morgan fingerprint density at radius 2 is 0.854 bits per heavy atom. The number of furan rings is 1. The number of hydrogen-bond acceptors (Lipinski definition) is 2. The average Bonchev–Trinajstić information content (AvgIpc) is 3.54. The molecule has 0 fully saturated rings. The molecule has 226 valence electrons. The number of rotatable bonds is 6. The fraction of sp³-hybridized carbons (Fsp3) is 0. The van der Waals surface area contributed by atoms with Crippen molar-refractivity contribution in [3.8, 4) is 33.4 Å². The fourth-order valence-corrected chi connectivity index (χ4v) is 6.91. The van der Waals surface area contributed by atoms with E-state index in [9.17, 15) is 0 Å². The van der Waals surface area contributed by atoms with Crippen molar-refractivity contribution in [2.24, 2.45) is 0 Å². The molecule has 0 aliphatic carbocycles. The Hall–Kier alpha value is -6.38. The summed E-state index contributed by atoms with van der Waals surface area (Å²) in [6.45, 7) is 0.